The molecule has 4 heterocycles. The van der Waals surface area contributed by atoms with Crippen LogP contribution in [-0.4, -0.2) is 55.7 Å². The molecule has 1 amide bonds. The van der Waals surface area contributed by atoms with Crippen LogP contribution in [0.5, 0.6) is 0 Å². The Labute approximate surface area is 185 Å². The molecule has 3 aliphatic heterocycles. The molecule has 3 aliphatic rings. The van der Waals surface area contributed by atoms with E-state index in [1.54, 1.807) is 34.0 Å². The minimum absolute atomic E-state index is 0.0139. The summed E-state index contributed by atoms with van der Waals surface area (Å²) >= 11 is 1.24. The Morgan fingerprint density at radius 2 is 1.84 bits per heavy atom. The number of esters is 1. The van der Waals surface area contributed by atoms with Crippen molar-refractivity contribution in [2.45, 2.75) is 36.0 Å². The Morgan fingerprint density at radius 1 is 1.10 bits per heavy atom. The molecular weight excluding hydrogens is 436 g/mol. The number of carbonyl (C=O) groups is 2. The van der Waals surface area contributed by atoms with E-state index in [1.165, 1.54) is 11.3 Å². The highest BCUT2D eigenvalue weighted by Gasteiger charge is 2.45. The van der Waals surface area contributed by atoms with Gasteiger partial charge in [-0.2, -0.15) is 4.31 Å². The molecule has 0 saturated carbocycles. The number of fused-ring (bicyclic) bond motifs is 1. The molecule has 9 heteroatoms. The van der Waals surface area contributed by atoms with E-state index in [0.29, 0.717) is 36.0 Å². The van der Waals surface area contributed by atoms with E-state index in [4.69, 9.17) is 4.74 Å². The van der Waals surface area contributed by atoms with Crippen LogP contribution >= 0.6 is 11.3 Å². The minimum Gasteiger partial charge on any atom is -0.453 e. The number of likely N-dealkylation sites (tertiary alicyclic amines) is 1. The maximum atomic E-state index is 13.0. The van der Waals surface area contributed by atoms with Crippen LogP contribution in [0.4, 0.5) is 0 Å². The first-order valence-corrected chi connectivity index (χ1v) is 12.8. The summed E-state index contributed by atoms with van der Waals surface area (Å²) in [5.74, 6) is -0.384. The van der Waals surface area contributed by atoms with Crippen LogP contribution in [0, 0.1) is 5.41 Å². The van der Waals surface area contributed by atoms with Crippen molar-refractivity contribution in [3.8, 4) is 0 Å². The van der Waals surface area contributed by atoms with E-state index in [9.17, 15) is 18.0 Å². The molecule has 2 saturated heterocycles. The Hall–Kier alpha value is -2.23. The number of thiophene rings is 1. The van der Waals surface area contributed by atoms with E-state index in [0.717, 1.165) is 24.8 Å². The lowest BCUT2D eigenvalue weighted by Gasteiger charge is -2.38. The third-order valence-electron chi connectivity index (χ3n) is 6.80. The van der Waals surface area contributed by atoms with Gasteiger partial charge in [-0.3, -0.25) is 4.79 Å². The standard InChI is InChI=1S/C22H24N2O5S2/c25-19(14-18-16-4-1-2-5-17(16)21(26)29-18)23-10-7-22(15-23)8-11-24(12-9-22)31(27,28)20-6-3-13-30-20/h1-6,13,18H,7-12,14-15H2. The van der Waals surface area contributed by atoms with E-state index < -0.39 is 16.1 Å². The molecule has 2 fully saturated rings. The van der Waals surface area contributed by atoms with Gasteiger partial charge in [0.25, 0.3) is 10.0 Å². The number of sulfonamides is 1. The van der Waals surface area contributed by atoms with Gasteiger partial charge < -0.3 is 9.64 Å². The Bertz CT molecular complexity index is 1100. The van der Waals surface area contributed by atoms with Crippen molar-refractivity contribution in [3.05, 3.63) is 52.9 Å². The van der Waals surface area contributed by atoms with Crippen molar-refractivity contribution in [1.82, 2.24) is 9.21 Å². The van der Waals surface area contributed by atoms with Crippen molar-refractivity contribution >= 4 is 33.2 Å². The molecule has 31 heavy (non-hydrogen) atoms. The van der Waals surface area contributed by atoms with E-state index in [2.05, 4.69) is 0 Å². The van der Waals surface area contributed by atoms with E-state index >= 15 is 0 Å². The highest BCUT2D eigenvalue weighted by Crippen LogP contribution is 2.42. The predicted molar refractivity (Wildman–Crippen MR) is 115 cm³/mol. The lowest BCUT2D eigenvalue weighted by atomic mass is 9.78. The lowest BCUT2D eigenvalue weighted by molar-refractivity contribution is -0.132. The molecule has 7 nitrogen and oxygen atoms in total. The number of hydrogen-bond acceptors (Lipinski definition) is 6. The second-order valence-corrected chi connectivity index (χ2v) is 11.7. The number of ether oxygens (including phenoxy) is 1. The zero-order valence-electron chi connectivity index (χ0n) is 17.0. The molecular formula is C22H24N2O5S2. The molecule has 0 aliphatic carbocycles. The minimum atomic E-state index is -3.42. The molecule has 164 valence electrons. The number of rotatable bonds is 4. The molecule has 0 bridgehead atoms. The summed E-state index contributed by atoms with van der Waals surface area (Å²) in [6.45, 7) is 2.27. The second-order valence-electron chi connectivity index (χ2n) is 8.59. The molecule has 1 spiro atoms. The van der Waals surface area contributed by atoms with Gasteiger partial charge in [0.15, 0.2) is 0 Å². The first-order valence-electron chi connectivity index (χ1n) is 10.5. The monoisotopic (exact) mass is 460 g/mol. The topological polar surface area (TPSA) is 84.0 Å². The third kappa shape index (κ3) is 3.68. The Morgan fingerprint density at radius 3 is 2.58 bits per heavy atom. The van der Waals surface area contributed by atoms with Crippen LogP contribution < -0.4 is 0 Å². The van der Waals surface area contributed by atoms with Crippen LogP contribution in [0.15, 0.2) is 46.0 Å². The molecule has 1 aromatic heterocycles. The third-order valence-corrected chi connectivity index (χ3v) is 10.1. The van der Waals surface area contributed by atoms with E-state index in [1.807, 2.05) is 17.0 Å². The van der Waals surface area contributed by atoms with Crippen LogP contribution in [0.2, 0.25) is 0 Å². The van der Waals surface area contributed by atoms with Crippen LogP contribution in [0.25, 0.3) is 0 Å². The summed E-state index contributed by atoms with van der Waals surface area (Å²) in [4.78, 5) is 26.8. The van der Waals surface area contributed by atoms with Gasteiger partial charge in [-0.15, -0.1) is 11.3 Å². The van der Waals surface area contributed by atoms with Gasteiger partial charge in [-0.1, -0.05) is 24.3 Å². The predicted octanol–water partition coefficient (Wildman–Crippen LogP) is 3.05. The number of cyclic esters (lactones) is 1. The summed E-state index contributed by atoms with van der Waals surface area (Å²) < 4.78 is 32.9. The first kappa shape index (κ1) is 20.7. The van der Waals surface area contributed by atoms with Gasteiger partial charge in [0.2, 0.25) is 5.91 Å². The molecule has 0 radical (unpaired) electrons. The molecule has 1 unspecified atom stereocenters. The fourth-order valence-electron chi connectivity index (χ4n) is 4.95. The van der Waals surface area contributed by atoms with Crippen LogP contribution in [0.3, 0.4) is 0 Å². The van der Waals surface area contributed by atoms with Gasteiger partial charge in [-0.25, -0.2) is 13.2 Å². The van der Waals surface area contributed by atoms with Gasteiger partial charge in [0.05, 0.1) is 12.0 Å². The first-order chi connectivity index (χ1) is 14.9. The average molecular weight is 461 g/mol. The Balaban J connectivity index is 1.20. The van der Waals surface area contributed by atoms with Crippen LogP contribution in [0.1, 0.15) is 47.7 Å². The van der Waals surface area contributed by atoms with E-state index in [-0.39, 0.29) is 23.7 Å². The van der Waals surface area contributed by atoms with Gasteiger partial charge >= 0.3 is 5.97 Å². The van der Waals surface area contributed by atoms with Crippen molar-refractivity contribution in [2.75, 3.05) is 26.2 Å². The fourth-order valence-corrected chi connectivity index (χ4v) is 7.54. The summed E-state index contributed by atoms with van der Waals surface area (Å²) in [7, 11) is -3.42. The van der Waals surface area contributed by atoms with Gasteiger partial charge in [-0.05, 0) is 42.2 Å². The fraction of sp³-hybridized carbons (Fsp3) is 0.455. The zero-order chi connectivity index (χ0) is 21.6. The lowest BCUT2D eigenvalue weighted by Crippen LogP contribution is -2.44. The van der Waals surface area contributed by atoms with Crippen molar-refractivity contribution in [1.29, 1.82) is 0 Å². The molecule has 0 N–H and O–H groups in total. The number of carbonyl (C=O) groups excluding carboxylic acids is 2. The van der Waals surface area contributed by atoms with Gasteiger partial charge in [0, 0.05) is 31.7 Å². The molecule has 1 atom stereocenters. The number of hydrogen-bond donors (Lipinski definition) is 0. The van der Waals surface area contributed by atoms with Crippen LogP contribution in [-0.2, 0) is 19.6 Å². The number of nitrogens with zero attached hydrogens (tertiary/aromatic N) is 2. The summed E-state index contributed by atoms with van der Waals surface area (Å²) in [6, 6.07) is 10.6. The number of benzene rings is 1. The van der Waals surface area contributed by atoms with Crippen molar-refractivity contribution in [2.24, 2.45) is 5.41 Å². The summed E-state index contributed by atoms with van der Waals surface area (Å²) in [5.41, 5.74) is 1.29. The quantitative estimate of drug-likeness (QED) is 0.655. The SMILES string of the molecule is O=C1OC(CC(=O)N2CCC3(CCN(S(=O)(=O)c4cccs4)CC3)C2)c2ccccc21. The summed E-state index contributed by atoms with van der Waals surface area (Å²) in [6.07, 6.45) is 2.01. The van der Waals surface area contributed by atoms with Crippen molar-refractivity contribution < 1.29 is 22.7 Å². The maximum absolute atomic E-state index is 13.0. The highest BCUT2D eigenvalue weighted by molar-refractivity contribution is 7.91. The zero-order valence-corrected chi connectivity index (χ0v) is 18.7. The smallest absolute Gasteiger partial charge is 0.339 e. The highest BCUT2D eigenvalue weighted by atomic mass is 32.2. The summed E-state index contributed by atoms with van der Waals surface area (Å²) in [5, 5.41) is 1.78. The number of amides is 1. The molecule has 5 rings (SSSR count). The maximum Gasteiger partial charge on any atom is 0.339 e. The number of piperidine rings is 1. The molecule has 1 aromatic carbocycles. The van der Waals surface area contributed by atoms with Crippen molar-refractivity contribution in [3.63, 3.8) is 0 Å². The van der Waals surface area contributed by atoms with Gasteiger partial charge in [0.1, 0.15) is 10.3 Å². The average Bonchev–Trinajstić information content (AvgIpc) is 3.50. The normalized spacial score (nSPS) is 23.2. The largest absolute Gasteiger partial charge is 0.453 e. The Kier molecular flexibility index (Phi) is 5.15. The second kappa shape index (κ2) is 7.72. The molecule has 2 aromatic rings.